The zero-order chi connectivity index (χ0) is 18.6. The monoisotopic (exact) mass is 378 g/mol. The molecule has 0 spiro atoms. The SMILES string of the molecule is Cc1csc(C(C#N)C(=O)COC(=O)c2ccc(S(C)(=O)=O)cc2)n1. The third kappa shape index (κ3) is 4.71. The second kappa shape index (κ2) is 7.55. The molecule has 0 amide bonds. The Balaban J connectivity index is 2.01. The van der Waals surface area contributed by atoms with Crippen LogP contribution in [0.4, 0.5) is 0 Å². The number of nitriles is 1. The zero-order valence-corrected chi connectivity index (χ0v) is 15.1. The van der Waals surface area contributed by atoms with E-state index >= 15 is 0 Å². The molecule has 0 saturated carbocycles. The molecule has 0 fully saturated rings. The van der Waals surface area contributed by atoms with Crippen molar-refractivity contribution in [3.05, 3.63) is 45.9 Å². The number of hydrogen-bond donors (Lipinski definition) is 0. The quantitative estimate of drug-likeness (QED) is 0.705. The number of sulfone groups is 1. The largest absolute Gasteiger partial charge is 0.454 e. The first-order valence-corrected chi connectivity index (χ1v) is 9.81. The highest BCUT2D eigenvalue weighted by atomic mass is 32.2. The van der Waals surface area contributed by atoms with Gasteiger partial charge < -0.3 is 4.74 Å². The number of carbonyl (C=O) groups is 2. The predicted octanol–water partition coefficient (Wildman–Crippen LogP) is 1.89. The Kier molecular flexibility index (Phi) is 5.66. The average molecular weight is 378 g/mol. The molecule has 1 atom stereocenters. The lowest BCUT2D eigenvalue weighted by Gasteiger charge is -2.07. The van der Waals surface area contributed by atoms with Crippen LogP contribution < -0.4 is 0 Å². The lowest BCUT2D eigenvalue weighted by Crippen LogP contribution is -2.20. The number of ketones is 1. The van der Waals surface area contributed by atoms with Crippen LogP contribution >= 0.6 is 11.3 Å². The number of carbonyl (C=O) groups excluding carboxylic acids is 2. The predicted molar refractivity (Wildman–Crippen MR) is 90.0 cm³/mol. The molecule has 0 saturated heterocycles. The number of thiazole rings is 1. The Hall–Kier alpha value is -2.57. The van der Waals surface area contributed by atoms with Gasteiger partial charge in [-0.2, -0.15) is 5.26 Å². The van der Waals surface area contributed by atoms with E-state index in [0.29, 0.717) is 10.7 Å². The first kappa shape index (κ1) is 18.8. The molecular formula is C16H14N2O5S2. The Morgan fingerprint density at radius 2 is 1.96 bits per heavy atom. The van der Waals surface area contributed by atoms with E-state index in [1.807, 2.05) is 6.07 Å². The van der Waals surface area contributed by atoms with Gasteiger partial charge in [-0.1, -0.05) is 0 Å². The van der Waals surface area contributed by atoms with Crippen LogP contribution in [0.25, 0.3) is 0 Å². The fourth-order valence-electron chi connectivity index (χ4n) is 1.91. The molecule has 1 aromatic heterocycles. The number of Topliss-reactive ketones (excluding diaryl/α,β-unsaturated/α-hetero) is 1. The van der Waals surface area contributed by atoms with Crippen molar-refractivity contribution in [1.82, 2.24) is 4.98 Å². The first-order valence-electron chi connectivity index (χ1n) is 7.04. The second-order valence-corrected chi connectivity index (χ2v) is 8.13. The van der Waals surface area contributed by atoms with Gasteiger partial charge in [0.15, 0.2) is 28.1 Å². The van der Waals surface area contributed by atoms with Crippen LogP contribution in [0.5, 0.6) is 0 Å². The lowest BCUT2D eigenvalue weighted by molar-refractivity contribution is -0.122. The highest BCUT2D eigenvalue weighted by Gasteiger charge is 2.24. The standard InChI is InChI=1S/C16H14N2O5S2/c1-10-9-24-15(18-10)13(7-17)14(19)8-23-16(20)11-3-5-12(6-4-11)25(2,21)22/h3-6,9,13H,8H2,1-2H3. The van der Waals surface area contributed by atoms with Gasteiger partial charge in [0.25, 0.3) is 0 Å². The molecule has 0 radical (unpaired) electrons. The van der Waals surface area contributed by atoms with Gasteiger partial charge in [-0.15, -0.1) is 11.3 Å². The normalized spacial score (nSPS) is 12.2. The minimum Gasteiger partial charge on any atom is -0.454 e. The minimum absolute atomic E-state index is 0.0730. The van der Waals surface area contributed by atoms with E-state index in [1.165, 1.54) is 35.6 Å². The van der Waals surface area contributed by atoms with Crippen molar-refractivity contribution in [3.8, 4) is 6.07 Å². The van der Waals surface area contributed by atoms with Crippen LogP contribution in [0.2, 0.25) is 0 Å². The van der Waals surface area contributed by atoms with E-state index in [1.54, 1.807) is 12.3 Å². The highest BCUT2D eigenvalue weighted by molar-refractivity contribution is 7.90. The summed E-state index contributed by atoms with van der Waals surface area (Å²) in [4.78, 5) is 28.2. The molecule has 2 aromatic rings. The molecule has 0 aliphatic heterocycles. The van der Waals surface area contributed by atoms with Crippen molar-refractivity contribution in [2.24, 2.45) is 0 Å². The van der Waals surface area contributed by atoms with Gasteiger partial charge in [-0.25, -0.2) is 18.2 Å². The van der Waals surface area contributed by atoms with Gasteiger partial charge in [0, 0.05) is 17.3 Å². The van der Waals surface area contributed by atoms with Gasteiger partial charge in [0.1, 0.15) is 5.01 Å². The molecule has 1 unspecified atom stereocenters. The summed E-state index contributed by atoms with van der Waals surface area (Å²) in [5.41, 5.74) is 0.815. The summed E-state index contributed by atoms with van der Waals surface area (Å²) in [6.07, 6.45) is 1.06. The molecule has 1 aromatic carbocycles. The molecule has 9 heteroatoms. The van der Waals surface area contributed by atoms with Crippen LogP contribution in [0, 0.1) is 18.3 Å². The molecular weight excluding hydrogens is 364 g/mol. The van der Waals surface area contributed by atoms with Crippen LogP contribution in [0.15, 0.2) is 34.5 Å². The molecule has 0 N–H and O–H groups in total. The molecule has 130 valence electrons. The van der Waals surface area contributed by atoms with Gasteiger partial charge in [-0.3, -0.25) is 4.79 Å². The number of ether oxygens (including phenoxy) is 1. The van der Waals surface area contributed by atoms with Gasteiger partial charge in [0.2, 0.25) is 0 Å². The van der Waals surface area contributed by atoms with Crippen LogP contribution in [0.1, 0.15) is 27.0 Å². The number of aryl methyl sites for hydroxylation is 1. The second-order valence-electron chi connectivity index (χ2n) is 5.23. The smallest absolute Gasteiger partial charge is 0.338 e. The van der Waals surface area contributed by atoms with Gasteiger partial charge in [-0.05, 0) is 31.2 Å². The summed E-state index contributed by atoms with van der Waals surface area (Å²) in [5, 5.41) is 11.2. The number of aromatic nitrogens is 1. The summed E-state index contributed by atoms with van der Waals surface area (Å²) in [5.74, 6) is -2.43. The van der Waals surface area contributed by atoms with Gasteiger partial charge >= 0.3 is 5.97 Å². The number of benzene rings is 1. The number of hydrogen-bond acceptors (Lipinski definition) is 8. The summed E-state index contributed by atoms with van der Waals surface area (Å²) in [7, 11) is -3.36. The van der Waals surface area contributed by atoms with Crippen molar-refractivity contribution in [2.45, 2.75) is 17.7 Å². The Bertz CT molecular complexity index is 940. The molecule has 25 heavy (non-hydrogen) atoms. The maximum absolute atomic E-state index is 12.1. The summed E-state index contributed by atoms with van der Waals surface area (Å²) in [6, 6.07) is 7.02. The zero-order valence-electron chi connectivity index (χ0n) is 13.4. The molecule has 0 aliphatic rings. The minimum atomic E-state index is -3.36. The van der Waals surface area contributed by atoms with E-state index < -0.39 is 34.1 Å². The lowest BCUT2D eigenvalue weighted by atomic mass is 10.1. The third-order valence-corrected chi connectivity index (χ3v) is 5.35. The molecule has 0 aliphatic carbocycles. The van der Waals surface area contributed by atoms with E-state index in [-0.39, 0.29) is 10.5 Å². The molecule has 1 heterocycles. The Morgan fingerprint density at radius 3 is 2.44 bits per heavy atom. The fraction of sp³-hybridized carbons (Fsp3) is 0.250. The van der Waals surface area contributed by atoms with Crippen molar-refractivity contribution in [2.75, 3.05) is 12.9 Å². The molecule has 7 nitrogen and oxygen atoms in total. The van der Waals surface area contributed by atoms with Crippen LogP contribution in [0.3, 0.4) is 0 Å². The Morgan fingerprint density at radius 1 is 1.32 bits per heavy atom. The maximum atomic E-state index is 12.1. The summed E-state index contributed by atoms with van der Waals surface area (Å²) >= 11 is 1.19. The van der Waals surface area contributed by atoms with E-state index in [4.69, 9.17) is 10.00 Å². The van der Waals surface area contributed by atoms with Crippen LogP contribution in [-0.2, 0) is 19.4 Å². The third-order valence-electron chi connectivity index (χ3n) is 3.20. The van der Waals surface area contributed by atoms with Crippen LogP contribution in [-0.4, -0.2) is 38.0 Å². The molecule has 2 rings (SSSR count). The van der Waals surface area contributed by atoms with Gasteiger partial charge in [0.05, 0.1) is 16.5 Å². The summed E-state index contributed by atoms with van der Waals surface area (Å²) in [6.45, 7) is 1.18. The molecule has 0 bridgehead atoms. The topological polar surface area (TPSA) is 114 Å². The van der Waals surface area contributed by atoms with Crippen molar-refractivity contribution in [3.63, 3.8) is 0 Å². The highest BCUT2D eigenvalue weighted by Crippen LogP contribution is 2.21. The fourth-order valence-corrected chi connectivity index (χ4v) is 3.40. The van der Waals surface area contributed by atoms with Crippen molar-refractivity contribution in [1.29, 1.82) is 5.26 Å². The average Bonchev–Trinajstić information content (AvgIpc) is 2.98. The van der Waals surface area contributed by atoms with Crippen molar-refractivity contribution < 1.29 is 22.7 Å². The van der Waals surface area contributed by atoms with E-state index in [9.17, 15) is 18.0 Å². The van der Waals surface area contributed by atoms with E-state index in [0.717, 1.165) is 6.26 Å². The maximum Gasteiger partial charge on any atom is 0.338 e. The Labute approximate surface area is 148 Å². The first-order chi connectivity index (χ1) is 11.7. The number of nitrogens with zero attached hydrogens (tertiary/aromatic N) is 2. The number of esters is 1. The number of rotatable bonds is 6. The van der Waals surface area contributed by atoms with E-state index in [2.05, 4.69) is 4.98 Å². The summed E-state index contributed by atoms with van der Waals surface area (Å²) < 4.78 is 27.7. The van der Waals surface area contributed by atoms with Crippen molar-refractivity contribution >= 4 is 32.9 Å².